The van der Waals surface area contributed by atoms with Gasteiger partial charge in [0, 0.05) is 31.0 Å². The number of ether oxygens (including phenoxy) is 1. The highest BCUT2D eigenvalue weighted by atomic mass is 16.5. The predicted molar refractivity (Wildman–Crippen MR) is 90.3 cm³/mol. The Bertz CT molecular complexity index is 595. The van der Waals surface area contributed by atoms with Crippen LogP contribution >= 0.6 is 0 Å². The summed E-state index contributed by atoms with van der Waals surface area (Å²) in [5.41, 5.74) is 1.16. The van der Waals surface area contributed by atoms with Crippen molar-refractivity contribution in [2.24, 2.45) is 0 Å². The molecule has 2 heterocycles. The number of hydrogen-bond acceptors (Lipinski definition) is 5. The van der Waals surface area contributed by atoms with Crippen molar-refractivity contribution in [3.63, 3.8) is 0 Å². The Morgan fingerprint density at radius 2 is 2.00 bits per heavy atom. The Morgan fingerprint density at radius 3 is 2.54 bits per heavy atom. The summed E-state index contributed by atoms with van der Waals surface area (Å²) >= 11 is 0. The number of nitrogens with zero attached hydrogens (tertiary/aromatic N) is 3. The predicted octanol–water partition coefficient (Wildman–Crippen LogP) is 1.63. The van der Waals surface area contributed by atoms with Crippen molar-refractivity contribution in [1.29, 1.82) is 0 Å². The molecule has 2 atom stereocenters. The van der Waals surface area contributed by atoms with Crippen LogP contribution in [-0.4, -0.2) is 64.8 Å². The van der Waals surface area contributed by atoms with Crippen molar-refractivity contribution in [3.8, 4) is 0 Å². The Kier molecular flexibility index (Phi) is 5.77. The lowest BCUT2D eigenvalue weighted by molar-refractivity contribution is -0.138. The second-order valence-electron chi connectivity index (χ2n) is 6.48. The Morgan fingerprint density at radius 1 is 1.38 bits per heavy atom. The molecule has 1 amide bonds. The maximum Gasteiger partial charge on any atom is 0.323 e. The van der Waals surface area contributed by atoms with Crippen LogP contribution in [0.15, 0.2) is 18.3 Å². The molecule has 0 bridgehead atoms. The standard InChI is InChI=1S/C17H25N3O4/c1-11(2)20(10-16(21)22)17(23)15-7-14(5-6-18-15)19-8-12(3)24-13(4)9-19/h5-7,11-13H,8-10H2,1-4H3,(H,21,22). The Labute approximate surface area is 142 Å². The van der Waals surface area contributed by atoms with Gasteiger partial charge in [0.25, 0.3) is 5.91 Å². The van der Waals surface area contributed by atoms with Gasteiger partial charge in [-0.3, -0.25) is 14.6 Å². The molecule has 1 fully saturated rings. The lowest BCUT2D eigenvalue weighted by atomic mass is 10.2. The number of pyridine rings is 1. The fourth-order valence-corrected chi connectivity index (χ4v) is 2.90. The summed E-state index contributed by atoms with van der Waals surface area (Å²) in [4.78, 5) is 31.2. The zero-order chi connectivity index (χ0) is 17.9. The average Bonchev–Trinajstić information content (AvgIpc) is 2.50. The summed E-state index contributed by atoms with van der Waals surface area (Å²) in [6.45, 7) is 8.75. The van der Waals surface area contributed by atoms with E-state index in [-0.39, 0.29) is 36.4 Å². The van der Waals surface area contributed by atoms with Gasteiger partial charge in [-0.2, -0.15) is 0 Å². The Hall–Kier alpha value is -2.15. The molecule has 1 aromatic rings. The van der Waals surface area contributed by atoms with Crippen molar-refractivity contribution in [3.05, 3.63) is 24.0 Å². The number of aromatic nitrogens is 1. The minimum Gasteiger partial charge on any atom is -0.480 e. The number of morpholine rings is 1. The highest BCUT2D eigenvalue weighted by Gasteiger charge is 2.25. The van der Waals surface area contributed by atoms with E-state index in [9.17, 15) is 9.59 Å². The van der Waals surface area contributed by atoms with Crippen LogP contribution in [0.3, 0.4) is 0 Å². The second-order valence-corrected chi connectivity index (χ2v) is 6.48. The van der Waals surface area contributed by atoms with Crippen LogP contribution in [0.4, 0.5) is 5.69 Å². The number of carbonyl (C=O) groups is 2. The molecule has 0 radical (unpaired) electrons. The van der Waals surface area contributed by atoms with E-state index < -0.39 is 5.97 Å². The molecular weight excluding hydrogens is 310 g/mol. The summed E-state index contributed by atoms with van der Waals surface area (Å²) in [6, 6.07) is 3.37. The van der Waals surface area contributed by atoms with E-state index in [4.69, 9.17) is 9.84 Å². The fourth-order valence-electron chi connectivity index (χ4n) is 2.90. The molecule has 2 rings (SSSR count). The van der Waals surface area contributed by atoms with Crippen LogP contribution in [0.2, 0.25) is 0 Å². The monoisotopic (exact) mass is 335 g/mol. The number of carboxylic acids is 1. The first-order valence-electron chi connectivity index (χ1n) is 8.17. The maximum atomic E-state index is 12.6. The van der Waals surface area contributed by atoms with Crippen molar-refractivity contribution in [2.75, 3.05) is 24.5 Å². The molecule has 1 saturated heterocycles. The number of hydrogen-bond donors (Lipinski definition) is 1. The van der Waals surface area contributed by atoms with Gasteiger partial charge in [0.15, 0.2) is 0 Å². The van der Waals surface area contributed by atoms with Gasteiger partial charge in [-0.05, 0) is 39.8 Å². The zero-order valence-corrected chi connectivity index (χ0v) is 14.6. The summed E-state index contributed by atoms with van der Waals surface area (Å²) in [6.07, 6.45) is 1.81. The van der Waals surface area contributed by atoms with Crippen LogP contribution in [0.5, 0.6) is 0 Å². The molecule has 7 heteroatoms. The van der Waals surface area contributed by atoms with E-state index in [0.717, 1.165) is 18.8 Å². The van der Waals surface area contributed by atoms with Gasteiger partial charge in [0.2, 0.25) is 0 Å². The first-order valence-corrected chi connectivity index (χ1v) is 8.17. The number of carbonyl (C=O) groups excluding carboxylic acids is 1. The number of rotatable bonds is 5. The largest absolute Gasteiger partial charge is 0.480 e. The highest BCUT2D eigenvalue weighted by molar-refractivity contribution is 5.95. The van der Waals surface area contributed by atoms with Crippen molar-refractivity contribution < 1.29 is 19.4 Å². The second kappa shape index (κ2) is 7.61. The highest BCUT2D eigenvalue weighted by Crippen LogP contribution is 2.21. The SMILES string of the molecule is CC1CN(c2ccnc(C(=O)N(CC(=O)O)C(C)C)c2)CC(C)O1. The van der Waals surface area contributed by atoms with Crippen molar-refractivity contribution >= 4 is 17.6 Å². The van der Waals surface area contributed by atoms with Gasteiger partial charge < -0.3 is 19.6 Å². The van der Waals surface area contributed by atoms with E-state index in [0.29, 0.717) is 0 Å². The minimum atomic E-state index is -1.04. The molecule has 7 nitrogen and oxygen atoms in total. The maximum absolute atomic E-state index is 12.6. The number of carboxylic acid groups (broad SMARTS) is 1. The van der Waals surface area contributed by atoms with E-state index in [1.165, 1.54) is 4.90 Å². The molecule has 1 aromatic heterocycles. The molecule has 1 aliphatic heterocycles. The van der Waals surface area contributed by atoms with Crippen LogP contribution in [0.25, 0.3) is 0 Å². The molecule has 2 unspecified atom stereocenters. The Balaban J connectivity index is 2.22. The molecular formula is C17H25N3O4. The fraction of sp³-hybridized carbons (Fsp3) is 0.588. The summed E-state index contributed by atoms with van der Waals surface area (Å²) in [5.74, 6) is -1.41. The van der Waals surface area contributed by atoms with Gasteiger partial charge in [-0.15, -0.1) is 0 Å². The molecule has 0 aliphatic carbocycles. The number of amides is 1. The summed E-state index contributed by atoms with van der Waals surface area (Å²) < 4.78 is 5.73. The molecule has 132 valence electrons. The van der Waals surface area contributed by atoms with Gasteiger partial charge in [0.05, 0.1) is 12.2 Å². The van der Waals surface area contributed by atoms with E-state index in [1.807, 2.05) is 19.9 Å². The smallest absolute Gasteiger partial charge is 0.323 e. The average molecular weight is 335 g/mol. The van der Waals surface area contributed by atoms with E-state index in [2.05, 4.69) is 9.88 Å². The van der Waals surface area contributed by atoms with Gasteiger partial charge >= 0.3 is 5.97 Å². The molecule has 1 aliphatic rings. The summed E-state index contributed by atoms with van der Waals surface area (Å²) in [7, 11) is 0. The number of anilines is 1. The number of aliphatic carboxylic acids is 1. The minimum absolute atomic E-state index is 0.111. The first kappa shape index (κ1) is 18.2. The van der Waals surface area contributed by atoms with Crippen molar-refractivity contribution in [1.82, 2.24) is 9.88 Å². The molecule has 24 heavy (non-hydrogen) atoms. The van der Waals surface area contributed by atoms with Gasteiger partial charge in [-0.25, -0.2) is 0 Å². The third-order valence-corrected chi connectivity index (χ3v) is 3.94. The van der Waals surface area contributed by atoms with Crippen LogP contribution in [0, 0.1) is 0 Å². The van der Waals surface area contributed by atoms with Crippen LogP contribution in [-0.2, 0) is 9.53 Å². The quantitative estimate of drug-likeness (QED) is 0.880. The third kappa shape index (κ3) is 4.44. The molecule has 1 N–H and O–H groups in total. The topological polar surface area (TPSA) is 83.0 Å². The lowest BCUT2D eigenvalue weighted by Crippen LogP contribution is -2.45. The van der Waals surface area contributed by atoms with Crippen LogP contribution < -0.4 is 4.90 Å². The van der Waals surface area contributed by atoms with Gasteiger partial charge in [0.1, 0.15) is 12.2 Å². The first-order chi connectivity index (χ1) is 11.3. The van der Waals surface area contributed by atoms with Crippen molar-refractivity contribution in [2.45, 2.75) is 45.9 Å². The summed E-state index contributed by atoms with van der Waals surface area (Å²) in [5, 5.41) is 9.01. The van der Waals surface area contributed by atoms with Gasteiger partial charge in [-0.1, -0.05) is 0 Å². The lowest BCUT2D eigenvalue weighted by Gasteiger charge is -2.37. The van der Waals surface area contributed by atoms with E-state index >= 15 is 0 Å². The van der Waals surface area contributed by atoms with E-state index in [1.54, 1.807) is 26.1 Å². The molecule has 0 saturated carbocycles. The molecule has 0 spiro atoms. The normalized spacial score (nSPS) is 21.0. The zero-order valence-electron chi connectivity index (χ0n) is 14.6. The third-order valence-electron chi connectivity index (χ3n) is 3.94. The van der Waals surface area contributed by atoms with Crippen LogP contribution in [0.1, 0.15) is 38.2 Å². The molecule has 0 aromatic carbocycles.